The van der Waals surface area contributed by atoms with Gasteiger partial charge in [-0.25, -0.2) is 9.97 Å². The molecule has 1 saturated heterocycles. The van der Waals surface area contributed by atoms with Crippen molar-refractivity contribution in [3.63, 3.8) is 0 Å². The highest BCUT2D eigenvalue weighted by Crippen LogP contribution is 2.27. The number of halogens is 1. The van der Waals surface area contributed by atoms with Crippen molar-refractivity contribution >= 4 is 17.4 Å². The van der Waals surface area contributed by atoms with Crippen molar-refractivity contribution in [1.29, 1.82) is 0 Å². The van der Waals surface area contributed by atoms with E-state index in [1.165, 1.54) is 0 Å². The number of pyridine rings is 2. The summed E-state index contributed by atoms with van der Waals surface area (Å²) >= 11 is 6.23. The number of anilines is 1. The predicted octanol–water partition coefficient (Wildman–Crippen LogP) is 3.43. The monoisotopic (exact) mass is 303 g/mol. The van der Waals surface area contributed by atoms with Gasteiger partial charge in [-0.15, -0.1) is 0 Å². The molecule has 21 heavy (non-hydrogen) atoms. The van der Waals surface area contributed by atoms with Gasteiger partial charge in [0.25, 0.3) is 0 Å². The molecule has 2 aromatic heterocycles. The molecule has 4 nitrogen and oxygen atoms in total. The summed E-state index contributed by atoms with van der Waals surface area (Å²) in [4.78, 5) is 10.8. The second-order valence-corrected chi connectivity index (χ2v) is 5.65. The normalized spacial score (nSPS) is 18.5. The van der Waals surface area contributed by atoms with Gasteiger partial charge in [0.05, 0.1) is 11.6 Å². The molecule has 5 heteroatoms. The molecule has 0 bridgehead atoms. The molecule has 0 spiro atoms. The first kappa shape index (κ1) is 14.1. The molecule has 0 saturated carbocycles. The van der Waals surface area contributed by atoms with Crippen LogP contribution in [0.5, 0.6) is 5.88 Å². The van der Waals surface area contributed by atoms with E-state index in [0.717, 1.165) is 31.7 Å². The van der Waals surface area contributed by atoms with Crippen molar-refractivity contribution in [2.75, 3.05) is 24.6 Å². The van der Waals surface area contributed by atoms with E-state index in [4.69, 9.17) is 16.3 Å². The predicted molar refractivity (Wildman–Crippen MR) is 83.9 cm³/mol. The number of rotatable bonds is 4. The van der Waals surface area contributed by atoms with Gasteiger partial charge in [-0.3, -0.25) is 0 Å². The number of hydrogen-bond donors (Lipinski definition) is 0. The first-order valence-corrected chi connectivity index (χ1v) is 7.60. The highest BCUT2D eigenvalue weighted by Gasteiger charge is 2.22. The van der Waals surface area contributed by atoms with Crippen molar-refractivity contribution in [3.05, 3.63) is 47.7 Å². The van der Waals surface area contributed by atoms with E-state index in [1.807, 2.05) is 30.3 Å². The Morgan fingerprint density at radius 2 is 2.10 bits per heavy atom. The number of nitrogens with zero attached hydrogens (tertiary/aromatic N) is 3. The molecule has 1 atom stereocenters. The van der Waals surface area contributed by atoms with Crippen LogP contribution in [0.15, 0.2) is 42.7 Å². The fraction of sp³-hybridized carbons (Fsp3) is 0.375. The van der Waals surface area contributed by atoms with E-state index in [2.05, 4.69) is 14.9 Å². The first-order chi connectivity index (χ1) is 10.3. The second-order valence-electron chi connectivity index (χ2n) is 5.24. The minimum atomic E-state index is 0.471. The average Bonchev–Trinajstić information content (AvgIpc) is 2.55. The molecule has 0 amide bonds. The molecule has 1 aliphatic rings. The number of aromatic nitrogens is 2. The average molecular weight is 304 g/mol. The van der Waals surface area contributed by atoms with Crippen molar-refractivity contribution < 1.29 is 4.74 Å². The quantitative estimate of drug-likeness (QED) is 0.867. The SMILES string of the molecule is Clc1cccnc1N1CCCC(COc2ccccn2)C1. The lowest BCUT2D eigenvalue weighted by molar-refractivity contribution is 0.221. The summed E-state index contributed by atoms with van der Waals surface area (Å²) in [6.45, 7) is 2.60. The Bertz CT molecular complexity index is 579. The number of piperidine rings is 1. The van der Waals surface area contributed by atoms with Crippen LogP contribution < -0.4 is 9.64 Å². The molecule has 1 unspecified atom stereocenters. The topological polar surface area (TPSA) is 38.2 Å². The van der Waals surface area contributed by atoms with Crippen LogP contribution in [0.3, 0.4) is 0 Å². The maximum absolute atomic E-state index is 6.23. The molecule has 0 aliphatic carbocycles. The molecule has 0 aromatic carbocycles. The summed E-state index contributed by atoms with van der Waals surface area (Å²) in [5.74, 6) is 2.03. The third-order valence-corrected chi connectivity index (χ3v) is 3.96. The number of hydrogen-bond acceptors (Lipinski definition) is 4. The van der Waals surface area contributed by atoms with E-state index < -0.39 is 0 Å². The first-order valence-electron chi connectivity index (χ1n) is 7.22. The zero-order chi connectivity index (χ0) is 14.5. The van der Waals surface area contributed by atoms with Crippen LogP contribution >= 0.6 is 11.6 Å². The Kier molecular flexibility index (Phi) is 4.55. The van der Waals surface area contributed by atoms with Crippen LogP contribution in [0.4, 0.5) is 5.82 Å². The molecule has 0 N–H and O–H groups in total. The van der Waals surface area contributed by atoms with Crippen molar-refractivity contribution in [2.45, 2.75) is 12.8 Å². The van der Waals surface area contributed by atoms with Crippen molar-refractivity contribution in [2.24, 2.45) is 5.92 Å². The third kappa shape index (κ3) is 3.64. The lowest BCUT2D eigenvalue weighted by Gasteiger charge is -2.33. The van der Waals surface area contributed by atoms with Gasteiger partial charge in [0, 0.05) is 37.5 Å². The Morgan fingerprint density at radius 3 is 2.90 bits per heavy atom. The second kappa shape index (κ2) is 6.76. The number of ether oxygens (including phenoxy) is 1. The highest BCUT2D eigenvalue weighted by molar-refractivity contribution is 6.32. The fourth-order valence-corrected chi connectivity index (χ4v) is 2.88. The molecule has 2 aromatic rings. The Labute approximate surface area is 129 Å². The van der Waals surface area contributed by atoms with E-state index in [-0.39, 0.29) is 0 Å². The lowest BCUT2D eigenvalue weighted by Crippen LogP contribution is -2.38. The van der Waals surface area contributed by atoms with Crippen LogP contribution in [0.25, 0.3) is 0 Å². The molecule has 1 aliphatic heterocycles. The van der Waals surface area contributed by atoms with Crippen LogP contribution in [-0.4, -0.2) is 29.7 Å². The maximum atomic E-state index is 6.23. The molecular formula is C16H18ClN3O. The molecule has 3 heterocycles. The van der Waals surface area contributed by atoms with E-state index in [1.54, 1.807) is 12.4 Å². The van der Waals surface area contributed by atoms with Gasteiger partial charge in [-0.2, -0.15) is 0 Å². The smallest absolute Gasteiger partial charge is 0.213 e. The summed E-state index contributed by atoms with van der Waals surface area (Å²) in [6.07, 6.45) is 5.82. The maximum Gasteiger partial charge on any atom is 0.213 e. The van der Waals surface area contributed by atoms with Gasteiger partial charge in [0.15, 0.2) is 0 Å². The van der Waals surface area contributed by atoms with Gasteiger partial charge >= 0.3 is 0 Å². The molecule has 1 fully saturated rings. The summed E-state index contributed by atoms with van der Waals surface area (Å²) in [7, 11) is 0. The summed E-state index contributed by atoms with van der Waals surface area (Å²) in [5.41, 5.74) is 0. The van der Waals surface area contributed by atoms with Gasteiger partial charge in [0.1, 0.15) is 5.82 Å². The minimum absolute atomic E-state index is 0.471. The Balaban J connectivity index is 1.60. The summed E-state index contributed by atoms with van der Waals surface area (Å²) in [5, 5.41) is 0.712. The largest absolute Gasteiger partial charge is 0.477 e. The van der Waals surface area contributed by atoms with Gasteiger partial charge in [-0.1, -0.05) is 17.7 Å². The molecular weight excluding hydrogens is 286 g/mol. The van der Waals surface area contributed by atoms with Crippen LogP contribution in [-0.2, 0) is 0 Å². The van der Waals surface area contributed by atoms with Crippen molar-refractivity contribution in [1.82, 2.24) is 9.97 Å². The highest BCUT2D eigenvalue weighted by atomic mass is 35.5. The fourth-order valence-electron chi connectivity index (χ4n) is 2.64. The summed E-state index contributed by atoms with van der Waals surface area (Å²) in [6, 6.07) is 9.45. The van der Waals surface area contributed by atoms with Crippen molar-refractivity contribution in [3.8, 4) is 5.88 Å². The lowest BCUT2D eigenvalue weighted by atomic mass is 9.99. The standard InChI is InChI=1S/C16H18ClN3O/c17-14-6-3-9-19-16(14)20-10-4-5-13(11-20)12-21-15-7-1-2-8-18-15/h1-3,6-9,13H,4-5,10-12H2. The van der Waals surface area contributed by atoms with Crippen LogP contribution in [0.1, 0.15) is 12.8 Å². The van der Waals surface area contributed by atoms with Gasteiger partial charge < -0.3 is 9.64 Å². The van der Waals surface area contributed by atoms with Gasteiger partial charge in [-0.05, 0) is 31.0 Å². The van der Waals surface area contributed by atoms with Gasteiger partial charge in [0.2, 0.25) is 5.88 Å². The Morgan fingerprint density at radius 1 is 1.19 bits per heavy atom. The van der Waals surface area contributed by atoms with E-state index in [9.17, 15) is 0 Å². The zero-order valence-electron chi connectivity index (χ0n) is 11.8. The van der Waals surface area contributed by atoms with E-state index >= 15 is 0 Å². The zero-order valence-corrected chi connectivity index (χ0v) is 12.5. The third-order valence-electron chi connectivity index (χ3n) is 3.66. The van der Waals surface area contributed by atoms with Crippen LogP contribution in [0, 0.1) is 5.92 Å². The van der Waals surface area contributed by atoms with E-state index in [0.29, 0.717) is 23.4 Å². The molecule has 110 valence electrons. The Hall–Kier alpha value is -1.81. The van der Waals surface area contributed by atoms with Crippen LogP contribution in [0.2, 0.25) is 5.02 Å². The molecule has 3 rings (SSSR count). The summed E-state index contributed by atoms with van der Waals surface area (Å²) < 4.78 is 5.77. The minimum Gasteiger partial charge on any atom is -0.477 e. The molecule has 0 radical (unpaired) electrons.